The third-order valence-corrected chi connectivity index (χ3v) is 3.71. The fraction of sp³-hybridized carbons (Fsp3) is 0.385. The van der Waals surface area contributed by atoms with Gasteiger partial charge in [0.25, 0.3) is 0 Å². The van der Waals surface area contributed by atoms with Crippen molar-refractivity contribution in [2.24, 2.45) is 0 Å². The summed E-state index contributed by atoms with van der Waals surface area (Å²) in [6, 6.07) is 4.17. The highest BCUT2D eigenvalue weighted by molar-refractivity contribution is 7.09. The van der Waals surface area contributed by atoms with Crippen LogP contribution in [0.15, 0.2) is 17.5 Å². The predicted octanol–water partition coefficient (Wildman–Crippen LogP) is 2.31. The standard InChI is InChI=1S/C13H19N5S/c1-2-4-10-11(14)12(15)18-13(17-10)16-7-6-9-5-3-8-19-9/h3,5,8H,2,4,6-7,14H2,1H3,(H3,15,16,17,18). The molecule has 0 saturated carbocycles. The van der Waals surface area contributed by atoms with Crippen LogP contribution in [0.3, 0.4) is 0 Å². The molecule has 0 radical (unpaired) electrons. The number of thiophene rings is 1. The number of nitrogens with two attached hydrogens (primary N) is 2. The Morgan fingerprint density at radius 3 is 2.79 bits per heavy atom. The first-order valence-corrected chi connectivity index (χ1v) is 7.26. The van der Waals surface area contributed by atoms with Crippen molar-refractivity contribution < 1.29 is 0 Å². The van der Waals surface area contributed by atoms with Gasteiger partial charge in [0, 0.05) is 11.4 Å². The van der Waals surface area contributed by atoms with Crippen molar-refractivity contribution >= 4 is 28.8 Å². The molecule has 0 bridgehead atoms. The number of rotatable bonds is 6. The summed E-state index contributed by atoms with van der Waals surface area (Å²) in [5, 5.41) is 5.27. The summed E-state index contributed by atoms with van der Waals surface area (Å²) in [5.41, 5.74) is 13.0. The Hall–Kier alpha value is -1.82. The minimum absolute atomic E-state index is 0.358. The first kappa shape index (κ1) is 13.6. The number of nitrogen functional groups attached to an aromatic ring is 2. The number of aromatic nitrogens is 2. The summed E-state index contributed by atoms with van der Waals surface area (Å²) in [5.74, 6) is 0.920. The van der Waals surface area contributed by atoms with Gasteiger partial charge >= 0.3 is 0 Å². The van der Waals surface area contributed by atoms with E-state index in [2.05, 4.69) is 39.7 Å². The Labute approximate surface area is 117 Å². The van der Waals surface area contributed by atoms with Gasteiger partial charge in [-0.25, -0.2) is 4.98 Å². The zero-order valence-corrected chi connectivity index (χ0v) is 11.8. The first-order chi connectivity index (χ1) is 9.20. The molecule has 0 aliphatic heterocycles. The lowest BCUT2D eigenvalue weighted by molar-refractivity contribution is 0.874. The minimum atomic E-state index is 0.358. The quantitative estimate of drug-likeness (QED) is 0.754. The molecule has 0 fully saturated rings. The first-order valence-electron chi connectivity index (χ1n) is 6.38. The average molecular weight is 277 g/mol. The van der Waals surface area contributed by atoms with E-state index in [0.29, 0.717) is 17.5 Å². The van der Waals surface area contributed by atoms with E-state index in [1.165, 1.54) is 4.88 Å². The molecule has 6 heteroatoms. The highest BCUT2D eigenvalue weighted by atomic mass is 32.1. The topological polar surface area (TPSA) is 89.8 Å². The normalized spacial score (nSPS) is 10.6. The van der Waals surface area contributed by atoms with Gasteiger partial charge < -0.3 is 16.8 Å². The van der Waals surface area contributed by atoms with Gasteiger partial charge in [-0.1, -0.05) is 19.4 Å². The predicted molar refractivity (Wildman–Crippen MR) is 81.4 cm³/mol. The van der Waals surface area contributed by atoms with Crippen molar-refractivity contribution in [3.05, 3.63) is 28.1 Å². The Morgan fingerprint density at radius 1 is 1.26 bits per heavy atom. The lowest BCUT2D eigenvalue weighted by Gasteiger charge is -2.10. The van der Waals surface area contributed by atoms with E-state index in [1.54, 1.807) is 11.3 Å². The van der Waals surface area contributed by atoms with E-state index in [9.17, 15) is 0 Å². The zero-order valence-electron chi connectivity index (χ0n) is 11.0. The van der Waals surface area contributed by atoms with E-state index in [-0.39, 0.29) is 0 Å². The largest absolute Gasteiger partial charge is 0.394 e. The maximum Gasteiger partial charge on any atom is 0.225 e. The maximum atomic E-state index is 5.87. The smallest absolute Gasteiger partial charge is 0.225 e. The van der Waals surface area contributed by atoms with Crippen molar-refractivity contribution in [1.82, 2.24) is 9.97 Å². The molecule has 0 unspecified atom stereocenters. The lowest BCUT2D eigenvalue weighted by Crippen LogP contribution is -2.12. The third-order valence-electron chi connectivity index (χ3n) is 2.78. The van der Waals surface area contributed by atoms with Crippen LogP contribution in [0.4, 0.5) is 17.5 Å². The van der Waals surface area contributed by atoms with Crippen molar-refractivity contribution in [3.63, 3.8) is 0 Å². The van der Waals surface area contributed by atoms with Gasteiger partial charge in [-0.05, 0) is 24.3 Å². The fourth-order valence-corrected chi connectivity index (χ4v) is 2.50. The Kier molecular flexibility index (Phi) is 4.57. The molecule has 2 heterocycles. The van der Waals surface area contributed by atoms with Crippen LogP contribution in [0.2, 0.25) is 0 Å². The van der Waals surface area contributed by atoms with Crippen LogP contribution in [-0.4, -0.2) is 16.5 Å². The number of hydrogen-bond donors (Lipinski definition) is 3. The maximum absolute atomic E-state index is 5.87. The van der Waals surface area contributed by atoms with Crippen LogP contribution in [0.25, 0.3) is 0 Å². The van der Waals surface area contributed by atoms with E-state index in [0.717, 1.165) is 31.5 Å². The van der Waals surface area contributed by atoms with Crippen LogP contribution in [0.5, 0.6) is 0 Å². The van der Waals surface area contributed by atoms with Gasteiger partial charge in [0.2, 0.25) is 5.95 Å². The molecule has 2 aromatic heterocycles. The number of hydrogen-bond acceptors (Lipinski definition) is 6. The average Bonchev–Trinajstić information content (AvgIpc) is 2.89. The molecule has 0 aliphatic rings. The molecule has 5 N–H and O–H groups in total. The van der Waals surface area contributed by atoms with E-state index < -0.39 is 0 Å². The second-order valence-corrected chi connectivity index (χ2v) is 5.33. The Bertz CT molecular complexity index is 524. The Balaban J connectivity index is 1.99. The summed E-state index contributed by atoms with van der Waals surface area (Å²) in [6.45, 7) is 2.87. The second-order valence-electron chi connectivity index (χ2n) is 4.30. The van der Waals surface area contributed by atoms with Crippen LogP contribution in [0.1, 0.15) is 23.9 Å². The van der Waals surface area contributed by atoms with E-state index >= 15 is 0 Å². The van der Waals surface area contributed by atoms with Gasteiger partial charge in [-0.2, -0.15) is 4.98 Å². The molecule has 19 heavy (non-hydrogen) atoms. The fourth-order valence-electron chi connectivity index (χ4n) is 1.79. The number of anilines is 3. The van der Waals surface area contributed by atoms with Crippen molar-refractivity contribution in [3.8, 4) is 0 Å². The van der Waals surface area contributed by atoms with Crippen molar-refractivity contribution in [2.75, 3.05) is 23.3 Å². The SMILES string of the molecule is CCCc1nc(NCCc2cccs2)nc(N)c1N. The van der Waals surface area contributed by atoms with Crippen LogP contribution < -0.4 is 16.8 Å². The van der Waals surface area contributed by atoms with Gasteiger partial charge in [0.15, 0.2) is 5.82 Å². The molecule has 0 saturated heterocycles. The second kappa shape index (κ2) is 6.38. The molecular formula is C13H19N5S. The van der Waals surface area contributed by atoms with Gasteiger partial charge in [0.1, 0.15) is 0 Å². The van der Waals surface area contributed by atoms with Gasteiger partial charge in [-0.15, -0.1) is 11.3 Å². The molecule has 2 rings (SSSR count). The summed E-state index contributed by atoms with van der Waals surface area (Å²) in [6.07, 6.45) is 2.75. The van der Waals surface area contributed by atoms with Crippen LogP contribution >= 0.6 is 11.3 Å². The zero-order chi connectivity index (χ0) is 13.7. The monoisotopic (exact) mass is 277 g/mol. The van der Waals surface area contributed by atoms with Gasteiger partial charge in [0.05, 0.1) is 11.4 Å². The highest BCUT2D eigenvalue weighted by Crippen LogP contribution is 2.19. The van der Waals surface area contributed by atoms with Crippen LogP contribution in [0, 0.1) is 0 Å². The highest BCUT2D eigenvalue weighted by Gasteiger charge is 2.08. The van der Waals surface area contributed by atoms with Gasteiger partial charge in [-0.3, -0.25) is 0 Å². The lowest BCUT2D eigenvalue weighted by atomic mass is 10.2. The molecule has 0 aliphatic carbocycles. The molecule has 0 amide bonds. The molecular weight excluding hydrogens is 258 g/mol. The van der Waals surface area contributed by atoms with E-state index in [1.807, 2.05) is 0 Å². The molecule has 2 aromatic rings. The summed E-state index contributed by atoms with van der Waals surface area (Å²) >= 11 is 1.75. The molecule has 0 spiro atoms. The Morgan fingerprint density at radius 2 is 2.11 bits per heavy atom. The number of aryl methyl sites for hydroxylation is 1. The van der Waals surface area contributed by atoms with Crippen molar-refractivity contribution in [1.29, 1.82) is 0 Å². The number of nitrogens with one attached hydrogen (secondary N) is 1. The van der Waals surface area contributed by atoms with Crippen LogP contribution in [-0.2, 0) is 12.8 Å². The minimum Gasteiger partial charge on any atom is -0.394 e. The summed E-state index contributed by atoms with van der Waals surface area (Å²) in [4.78, 5) is 9.92. The number of nitrogens with zero attached hydrogens (tertiary/aromatic N) is 2. The summed E-state index contributed by atoms with van der Waals surface area (Å²) in [7, 11) is 0. The van der Waals surface area contributed by atoms with Crippen molar-refractivity contribution in [2.45, 2.75) is 26.2 Å². The molecule has 5 nitrogen and oxygen atoms in total. The third kappa shape index (κ3) is 3.57. The molecule has 102 valence electrons. The summed E-state index contributed by atoms with van der Waals surface area (Å²) < 4.78 is 0. The molecule has 0 aromatic carbocycles. The van der Waals surface area contributed by atoms with E-state index in [4.69, 9.17) is 11.5 Å². The molecule has 0 atom stereocenters.